The summed E-state index contributed by atoms with van der Waals surface area (Å²) in [7, 11) is -3.52. The van der Waals surface area contributed by atoms with E-state index in [2.05, 4.69) is 9.71 Å². The molecule has 18 heavy (non-hydrogen) atoms. The summed E-state index contributed by atoms with van der Waals surface area (Å²) in [6.07, 6.45) is 3.28. The van der Waals surface area contributed by atoms with Gasteiger partial charge in [-0.3, -0.25) is 0 Å². The molecule has 0 aliphatic heterocycles. The largest absolute Gasteiger partial charge is 0.302 e. The van der Waals surface area contributed by atoms with Crippen molar-refractivity contribution in [3.05, 3.63) is 30.2 Å². The van der Waals surface area contributed by atoms with Gasteiger partial charge in [0.05, 0.1) is 5.52 Å². The quantitative estimate of drug-likeness (QED) is 0.894. The number of fused-ring (bicyclic) bond motifs is 1. The van der Waals surface area contributed by atoms with Gasteiger partial charge < -0.3 is 4.40 Å². The second-order valence-corrected chi connectivity index (χ2v) is 5.72. The van der Waals surface area contributed by atoms with Gasteiger partial charge in [-0.2, -0.15) is 0 Å². The summed E-state index contributed by atoms with van der Waals surface area (Å²) in [5.41, 5.74) is 0.623. The third-order valence-corrected chi connectivity index (χ3v) is 4.09. The van der Waals surface area contributed by atoms with Crippen LogP contribution in [0.4, 0.5) is 0 Å². The fourth-order valence-corrected chi connectivity index (χ4v) is 3.10. The minimum absolute atomic E-state index is 0.119. The third-order valence-electron chi connectivity index (χ3n) is 2.70. The first kappa shape index (κ1) is 13.0. The summed E-state index contributed by atoms with van der Waals surface area (Å²) in [5, 5.41) is 0.119. The Balaban J connectivity index is 2.58. The Morgan fingerprint density at radius 1 is 1.33 bits per heavy atom. The summed E-state index contributed by atoms with van der Waals surface area (Å²) < 4.78 is 28.7. The van der Waals surface area contributed by atoms with E-state index >= 15 is 0 Å². The first-order valence-corrected chi connectivity index (χ1v) is 7.54. The molecule has 0 amide bonds. The van der Waals surface area contributed by atoms with E-state index in [9.17, 15) is 8.42 Å². The molecule has 2 heterocycles. The van der Waals surface area contributed by atoms with E-state index < -0.39 is 10.0 Å². The van der Waals surface area contributed by atoms with E-state index in [1.807, 2.05) is 36.6 Å². The van der Waals surface area contributed by atoms with Crippen LogP contribution >= 0.6 is 0 Å². The number of pyridine rings is 1. The van der Waals surface area contributed by atoms with Gasteiger partial charge >= 0.3 is 0 Å². The van der Waals surface area contributed by atoms with Gasteiger partial charge in [0.15, 0.2) is 5.03 Å². The third kappa shape index (κ3) is 2.26. The highest BCUT2D eigenvalue weighted by Gasteiger charge is 2.21. The number of aryl methyl sites for hydroxylation is 1. The van der Waals surface area contributed by atoms with Crippen LogP contribution in [0.5, 0.6) is 0 Å². The number of aromatic nitrogens is 2. The van der Waals surface area contributed by atoms with Crippen LogP contribution in [0, 0.1) is 0 Å². The monoisotopic (exact) mass is 267 g/mol. The zero-order valence-electron chi connectivity index (χ0n) is 10.5. The van der Waals surface area contributed by atoms with Crippen molar-refractivity contribution in [2.24, 2.45) is 0 Å². The second kappa shape index (κ2) is 5.07. The number of sulfonamides is 1. The maximum absolute atomic E-state index is 12.1. The van der Waals surface area contributed by atoms with E-state index in [1.54, 1.807) is 6.07 Å². The molecule has 1 N–H and O–H groups in total. The van der Waals surface area contributed by atoms with Crippen LogP contribution in [0.25, 0.3) is 5.52 Å². The molecule has 0 saturated carbocycles. The van der Waals surface area contributed by atoms with Crippen LogP contribution in [0.2, 0.25) is 0 Å². The van der Waals surface area contributed by atoms with Crippen LogP contribution in [0.3, 0.4) is 0 Å². The van der Waals surface area contributed by atoms with E-state index in [-0.39, 0.29) is 5.03 Å². The van der Waals surface area contributed by atoms with Crippen molar-refractivity contribution >= 4 is 15.5 Å². The van der Waals surface area contributed by atoms with E-state index in [4.69, 9.17) is 0 Å². The van der Waals surface area contributed by atoms with Crippen molar-refractivity contribution in [3.63, 3.8) is 0 Å². The van der Waals surface area contributed by atoms with Crippen LogP contribution in [0.1, 0.15) is 26.1 Å². The van der Waals surface area contributed by atoms with Gasteiger partial charge in [-0.1, -0.05) is 19.9 Å². The molecule has 5 nitrogen and oxygen atoms in total. The van der Waals surface area contributed by atoms with Gasteiger partial charge in [-0.15, -0.1) is 0 Å². The van der Waals surface area contributed by atoms with Crippen molar-refractivity contribution in [3.8, 4) is 0 Å². The lowest BCUT2D eigenvalue weighted by Gasteiger charge is -2.02. The first-order chi connectivity index (χ1) is 8.60. The molecule has 0 aromatic carbocycles. The Bertz CT molecular complexity index is 646. The van der Waals surface area contributed by atoms with Crippen molar-refractivity contribution in [1.82, 2.24) is 14.1 Å². The van der Waals surface area contributed by atoms with Crippen LogP contribution < -0.4 is 4.72 Å². The molecule has 2 rings (SSSR count). The van der Waals surface area contributed by atoms with Crippen molar-refractivity contribution in [2.75, 3.05) is 6.54 Å². The highest BCUT2D eigenvalue weighted by Crippen LogP contribution is 2.18. The van der Waals surface area contributed by atoms with Crippen molar-refractivity contribution in [2.45, 2.75) is 31.7 Å². The lowest BCUT2D eigenvalue weighted by atomic mass is 10.4. The van der Waals surface area contributed by atoms with Crippen molar-refractivity contribution < 1.29 is 8.42 Å². The van der Waals surface area contributed by atoms with E-state index in [0.717, 1.165) is 12.2 Å². The molecule has 6 heteroatoms. The van der Waals surface area contributed by atoms with Crippen LogP contribution in [0.15, 0.2) is 29.4 Å². The predicted molar refractivity (Wildman–Crippen MR) is 70.0 cm³/mol. The van der Waals surface area contributed by atoms with E-state index in [0.29, 0.717) is 18.5 Å². The molecule has 0 radical (unpaired) electrons. The fraction of sp³-hybridized carbons (Fsp3) is 0.417. The zero-order chi connectivity index (χ0) is 13.2. The summed E-state index contributed by atoms with van der Waals surface area (Å²) in [6.45, 7) is 4.30. The van der Waals surface area contributed by atoms with E-state index in [1.165, 1.54) is 0 Å². The summed E-state index contributed by atoms with van der Waals surface area (Å²) in [5.74, 6) is 0.752. The number of nitrogens with zero attached hydrogens (tertiary/aromatic N) is 2. The van der Waals surface area contributed by atoms with Gasteiger partial charge in [0.25, 0.3) is 10.0 Å². The smallest absolute Gasteiger partial charge is 0.260 e. The van der Waals surface area contributed by atoms with Crippen molar-refractivity contribution in [1.29, 1.82) is 0 Å². The maximum atomic E-state index is 12.1. The second-order valence-electron chi connectivity index (χ2n) is 4.04. The molecule has 0 fully saturated rings. The molecule has 2 aromatic rings. The lowest BCUT2D eigenvalue weighted by molar-refractivity contribution is 0.578. The Morgan fingerprint density at radius 2 is 2.11 bits per heavy atom. The van der Waals surface area contributed by atoms with Gasteiger partial charge in [0.2, 0.25) is 0 Å². The number of hydrogen-bond acceptors (Lipinski definition) is 3. The molecule has 0 aliphatic rings. The molecular formula is C12H17N3O2S. The number of hydrogen-bond donors (Lipinski definition) is 1. The maximum Gasteiger partial charge on any atom is 0.260 e. The Hall–Kier alpha value is -1.40. The Morgan fingerprint density at radius 3 is 2.78 bits per heavy atom. The standard InChI is InChI=1S/C12H17N3O2S/c1-3-8-13-18(16,17)12-10-7-5-6-9-15(10)11(4-2)14-12/h5-7,9,13H,3-4,8H2,1-2H3. The SMILES string of the molecule is CCCNS(=O)(=O)c1nc(CC)n2ccccc12. The zero-order valence-corrected chi connectivity index (χ0v) is 11.4. The molecule has 0 bridgehead atoms. The average molecular weight is 267 g/mol. The van der Waals surface area contributed by atoms with Gasteiger partial charge in [0, 0.05) is 19.2 Å². The number of nitrogens with one attached hydrogen (secondary N) is 1. The lowest BCUT2D eigenvalue weighted by Crippen LogP contribution is -2.24. The molecule has 2 aromatic heterocycles. The van der Waals surface area contributed by atoms with Crippen LogP contribution in [-0.2, 0) is 16.4 Å². The van der Waals surface area contributed by atoms with Crippen LogP contribution in [-0.4, -0.2) is 24.3 Å². The molecule has 98 valence electrons. The minimum Gasteiger partial charge on any atom is -0.302 e. The fourth-order valence-electron chi connectivity index (χ4n) is 1.82. The number of imidazole rings is 1. The summed E-state index contributed by atoms with van der Waals surface area (Å²) in [4.78, 5) is 4.24. The normalized spacial score (nSPS) is 12.1. The molecule has 0 spiro atoms. The van der Waals surface area contributed by atoms with Gasteiger partial charge in [-0.05, 0) is 18.6 Å². The predicted octanol–water partition coefficient (Wildman–Crippen LogP) is 1.58. The molecule has 0 aliphatic carbocycles. The minimum atomic E-state index is -3.52. The molecular weight excluding hydrogens is 250 g/mol. The average Bonchev–Trinajstić information content (AvgIpc) is 2.76. The number of rotatable bonds is 5. The topological polar surface area (TPSA) is 63.5 Å². The Kier molecular flexibility index (Phi) is 3.68. The van der Waals surface area contributed by atoms with Gasteiger partial charge in [0.1, 0.15) is 5.82 Å². The first-order valence-electron chi connectivity index (χ1n) is 6.05. The highest BCUT2D eigenvalue weighted by molar-refractivity contribution is 7.89. The molecule has 0 saturated heterocycles. The molecule has 0 unspecified atom stereocenters. The summed E-state index contributed by atoms with van der Waals surface area (Å²) in [6, 6.07) is 5.45. The summed E-state index contributed by atoms with van der Waals surface area (Å²) >= 11 is 0. The highest BCUT2D eigenvalue weighted by atomic mass is 32.2. The molecule has 0 atom stereocenters. The van der Waals surface area contributed by atoms with Gasteiger partial charge in [-0.25, -0.2) is 18.1 Å². The Labute approximate surface area is 107 Å².